The summed E-state index contributed by atoms with van der Waals surface area (Å²) in [5.74, 6) is -2.49. The molecule has 222 valence electrons. The summed E-state index contributed by atoms with van der Waals surface area (Å²) in [7, 11) is -1.04. The summed E-state index contributed by atoms with van der Waals surface area (Å²) in [4.78, 5) is 28.0. The van der Waals surface area contributed by atoms with E-state index in [0.29, 0.717) is 5.46 Å². The van der Waals surface area contributed by atoms with Crippen molar-refractivity contribution in [3.05, 3.63) is 60.2 Å². The van der Waals surface area contributed by atoms with Crippen LogP contribution in [-0.2, 0) is 18.6 Å². The molecule has 15 heteroatoms. The zero-order valence-electron chi connectivity index (χ0n) is 24.9. The maximum absolute atomic E-state index is 13.2. The van der Waals surface area contributed by atoms with Crippen LogP contribution in [0.4, 0.5) is 20.7 Å². The van der Waals surface area contributed by atoms with E-state index in [1.165, 1.54) is 18.5 Å². The van der Waals surface area contributed by atoms with Crippen LogP contribution in [0, 0.1) is 11.6 Å². The largest absolute Gasteiger partial charge is 0.498 e. The van der Waals surface area contributed by atoms with Gasteiger partial charge in [0.2, 0.25) is 11.9 Å². The summed E-state index contributed by atoms with van der Waals surface area (Å²) >= 11 is 0. The molecule has 0 atom stereocenters. The Morgan fingerprint density at radius 1 is 0.714 bits per heavy atom. The highest BCUT2D eigenvalue weighted by Gasteiger charge is 2.53. The first-order valence-electron chi connectivity index (χ1n) is 13.3. The highest BCUT2D eigenvalue weighted by molar-refractivity contribution is 6.62. The second-order valence-corrected chi connectivity index (χ2v) is 12.0. The molecule has 0 unspecified atom stereocenters. The topological polar surface area (TPSA) is 144 Å². The van der Waals surface area contributed by atoms with E-state index in [1.807, 2.05) is 55.4 Å². The number of hydrogen-bond acceptors (Lipinski definition) is 10. The van der Waals surface area contributed by atoms with Gasteiger partial charge in [-0.25, -0.2) is 28.7 Å². The molecule has 1 amide bonds. The number of amides is 1. The Labute approximate surface area is 244 Å². The fraction of sp³-hybridized carbons (Fsp3) is 0.444. The predicted octanol–water partition coefficient (Wildman–Crippen LogP) is 2.66. The quantitative estimate of drug-likeness (QED) is 0.441. The summed E-state index contributed by atoms with van der Waals surface area (Å²) in [6.07, 6.45) is 6.22. The third-order valence-electron chi connectivity index (χ3n) is 7.82. The summed E-state index contributed by atoms with van der Waals surface area (Å²) in [5, 5.41) is 2.42. The number of nitrogens with two attached hydrogens (primary N) is 1. The van der Waals surface area contributed by atoms with Crippen molar-refractivity contribution in [2.24, 2.45) is 0 Å². The lowest BCUT2D eigenvalue weighted by Gasteiger charge is -2.32. The number of nitrogens with zero attached hydrogens (tertiary/aromatic N) is 4. The molecule has 3 aromatic rings. The smallest absolute Gasteiger partial charge is 0.399 e. The van der Waals surface area contributed by atoms with Crippen LogP contribution in [-0.4, -0.2) is 62.5 Å². The van der Waals surface area contributed by atoms with E-state index in [2.05, 4.69) is 25.3 Å². The Bertz CT molecular complexity index is 1410. The first-order chi connectivity index (χ1) is 19.4. The normalized spacial score (nSPS) is 19.7. The zero-order chi connectivity index (χ0) is 31.1. The number of nitrogen functional groups attached to an aromatic ring is 1. The molecule has 4 heterocycles. The molecule has 42 heavy (non-hydrogen) atoms. The SMILES string of the molecule is CC1(C)OB(c2cnc(N)nc2)OC1(C)C.CC1(C)OB(c2cnc(NC(=O)c3ccc(F)c(F)c3)nc2)OC1(C)C. The molecule has 0 spiro atoms. The van der Waals surface area contributed by atoms with E-state index < -0.39 is 43.0 Å². The second-order valence-electron chi connectivity index (χ2n) is 12.0. The van der Waals surface area contributed by atoms with Gasteiger partial charge in [-0.15, -0.1) is 0 Å². The Hall–Kier alpha value is -3.52. The molecule has 2 fully saturated rings. The van der Waals surface area contributed by atoms with Crippen LogP contribution in [0.1, 0.15) is 65.7 Å². The lowest BCUT2D eigenvalue weighted by atomic mass is 9.81. The summed E-state index contributed by atoms with van der Waals surface area (Å²) in [6.45, 7) is 15.8. The fourth-order valence-corrected chi connectivity index (χ4v) is 3.76. The van der Waals surface area contributed by atoms with Gasteiger partial charge in [0.1, 0.15) is 0 Å². The predicted molar refractivity (Wildman–Crippen MR) is 154 cm³/mol. The molecule has 2 aromatic heterocycles. The minimum atomic E-state index is -1.10. The molecule has 11 nitrogen and oxygen atoms in total. The summed E-state index contributed by atoms with van der Waals surface area (Å²) in [6, 6.07) is 2.86. The van der Waals surface area contributed by atoms with E-state index in [1.54, 1.807) is 12.4 Å². The van der Waals surface area contributed by atoms with Crippen LogP contribution >= 0.6 is 0 Å². The molecular weight excluding hydrogens is 548 g/mol. The van der Waals surface area contributed by atoms with E-state index in [0.717, 1.165) is 17.6 Å². The van der Waals surface area contributed by atoms with Gasteiger partial charge < -0.3 is 24.4 Å². The third-order valence-corrected chi connectivity index (χ3v) is 7.82. The number of rotatable bonds is 4. The van der Waals surface area contributed by atoms with Crippen LogP contribution in [0.5, 0.6) is 0 Å². The van der Waals surface area contributed by atoms with Crippen molar-refractivity contribution in [2.75, 3.05) is 11.1 Å². The van der Waals surface area contributed by atoms with Gasteiger partial charge in [-0.05, 0) is 73.6 Å². The van der Waals surface area contributed by atoms with Crippen LogP contribution < -0.4 is 22.0 Å². The highest BCUT2D eigenvalue weighted by atomic mass is 19.2. The molecule has 0 radical (unpaired) electrons. The van der Waals surface area contributed by atoms with Gasteiger partial charge in [0, 0.05) is 41.3 Å². The van der Waals surface area contributed by atoms with Crippen LogP contribution in [0.3, 0.4) is 0 Å². The standard InChI is InChI=1S/C17H18BF2N3O3.C10H16BN3O2/c1-16(2)17(3,4)26-18(25-16)11-8-21-15(22-9-11)23-14(24)10-5-6-12(19)13(20)7-10;1-9(2)10(3,4)16-11(15-9)7-5-13-8(12)14-6-7/h5-9H,1-4H3,(H,21,22,23,24);5-6H,1-4H3,(H2,12,13,14). The number of aromatic nitrogens is 4. The lowest BCUT2D eigenvalue weighted by Crippen LogP contribution is -2.41. The van der Waals surface area contributed by atoms with Gasteiger partial charge in [-0.3, -0.25) is 10.1 Å². The highest BCUT2D eigenvalue weighted by Crippen LogP contribution is 2.37. The van der Waals surface area contributed by atoms with Crippen molar-refractivity contribution >= 4 is 43.0 Å². The van der Waals surface area contributed by atoms with Crippen molar-refractivity contribution < 1.29 is 32.2 Å². The number of carbonyl (C=O) groups excluding carboxylic acids is 1. The molecule has 0 aliphatic carbocycles. The first kappa shape index (κ1) is 31.4. The van der Waals surface area contributed by atoms with Gasteiger partial charge in [0.05, 0.1) is 22.4 Å². The molecule has 1 aromatic carbocycles. The van der Waals surface area contributed by atoms with Crippen molar-refractivity contribution in [2.45, 2.75) is 77.8 Å². The second kappa shape index (κ2) is 11.3. The molecule has 2 aliphatic heterocycles. The van der Waals surface area contributed by atoms with E-state index in [4.69, 9.17) is 24.4 Å². The maximum Gasteiger partial charge on any atom is 0.498 e. The van der Waals surface area contributed by atoms with Crippen molar-refractivity contribution in [1.29, 1.82) is 0 Å². The van der Waals surface area contributed by atoms with Crippen LogP contribution in [0.25, 0.3) is 0 Å². The minimum absolute atomic E-state index is 0.0278. The minimum Gasteiger partial charge on any atom is -0.399 e. The van der Waals surface area contributed by atoms with Crippen LogP contribution in [0.15, 0.2) is 43.0 Å². The zero-order valence-corrected chi connectivity index (χ0v) is 24.9. The summed E-state index contributed by atoms with van der Waals surface area (Å²) in [5.41, 5.74) is 5.11. The monoisotopic (exact) mass is 582 g/mol. The molecule has 0 bridgehead atoms. The number of carbonyl (C=O) groups is 1. The van der Waals surface area contributed by atoms with Crippen LogP contribution in [0.2, 0.25) is 0 Å². The number of benzene rings is 1. The number of nitrogens with one attached hydrogen (secondary N) is 1. The van der Waals surface area contributed by atoms with E-state index in [-0.39, 0.29) is 28.7 Å². The van der Waals surface area contributed by atoms with Gasteiger partial charge in [0.15, 0.2) is 11.6 Å². The first-order valence-corrected chi connectivity index (χ1v) is 13.3. The molecular formula is C27H34B2F2N6O5. The van der Waals surface area contributed by atoms with E-state index >= 15 is 0 Å². The number of halogens is 2. The maximum atomic E-state index is 13.2. The van der Waals surface area contributed by atoms with Gasteiger partial charge in [-0.2, -0.15) is 0 Å². The Morgan fingerprint density at radius 3 is 1.52 bits per heavy atom. The average Bonchev–Trinajstić information content (AvgIpc) is 3.26. The molecule has 3 N–H and O–H groups in total. The lowest BCUT2D eigenvalue weighted by molar-refractivity contribution is 0.00578. The van der Waals surface area contributed by atoms with Crippen molar-refractivity contribution in [1.82, 2.24) is 19.9 Å². The number of hydrogen-bond donors (Lipinski definition) is 2. The third kappa shape index (κ3) is 6.59. The van der Waals surface area contributed by atoms with Crippen molar-refractivity contribution in [3.63, 3.8) is 0 Å². The molecule has 2 aliphatic rings. The Balaban J connectivity index is 0.000000216. The van der Waals surface area contributed by atoms with Gasteiger partial charge in [0.25, 0.3) is 5.91 Å². The van der Waals surface area contributed by atoms with Gasteiger partial charge >= 0.3 is 14.2 Å². The number of anilines is 2. The average molecular weight is 582 g/mol. The Morgan fingerprint density at radius 2 is 1.12 bits per heavy atom. The molecule has 0 saturated carbocycles. The fourth-order valence-electron chi connectivity index (χ4n) is 3.76. The molecule has 2 saturated heterocycles. The van der Waals surface area contributed by atoms with Gasteiger partial charge in [-0.1, -0.05) is 0 Å². The summed E-state index contributed by atoms with van der Waals surface area (Å²) < 4.78 is 49.6. The molecule has 5 rings (SSSR count). The van der Waals surface area contributed by atoms with Crippen molar-refractivity contribution in [3.8, 4) is 0 Å². The Kier molecular flexibility index (Phi) is 8.44. The van der Waals surface area contributed by atoms with E-state index in [9.17, 15) is 13.6 Å².